The van der Waals surface area contributed by atoms with Crippen LogP contribution in [-0.4, -0.2) is 24.2 Å². The molecule has 0 heterocycles. The lowest BCUT2D eigenvalue weighted by Gasteiger charge is -2.24. The van der Waals surface area contributed by atoms with Gasteiger partial charge in [-0.3, -0.25) is 4.79 Å². The van der Waals surface area contributed by atoms with Crippen LogP contribution in [0.3, 0.4) is 0 Å². The first kappa shape index (κ1) is 20.7. The molecule has 1 aromatic rings. The highest BCUT2D eigenvalue weighted by molar-refractivity contribution is 5.85. The smallest absolute Gasteiger partial charge is 0.343 e. The van der Waals surface area contributed by atoms with E-state index in [1.807, 2.05) is 5.32 Å². The predicted octanol–water partition coefficient (Wildman–Crippen LogP) is 3.07. The molecule has 0 saturated heterocycles. The maximum atomic E-state index is 13.0. The van der Waals surface area contributed by atoms with E-state index in [1.54, 1.807) is 44.2 Å². The molecular weight excluding hydrogens is 317 g/mol. The minimum Gasteiger partial charge on any atom is -0.343 e. The lowest BCUT2D eigenvalue weighted by molar-refractivity contribution is -0.163. The van der Waals surface area contributed by atoms with Gasteiger partial charge in [0.15, 0.2) is 0 Å². The fourth-order valence-electron chi connectivity index (χ4n) is 1.84. The molecule has 0 fully saturated rings. The van der Waals surface area contributed by atoms with Gasteiger partial charge in [0, 0.05) is 0 Å². The SMILES string of the molecule is CC(C)[C@H](N)C(=O)NC(CCc1ccccc1)C(F)(F)F.Cl. The average Bonchev–Trinajstić information content (AvgIpc) is 2.42. The Morgan fingerprint density at radius 2 is 1.77 bits per heavy atom. The van der Waals surface area contributed by atoms with Crippen LogP contribution in [0, 0.1) is 5.92 Å². The number of aryl methyl sites for hydroxylation is 1. The summed E-state index contributed by atoms with van der Waals surface area (Å²) in [4.78, 5) is 11.7. The summed E-state index contributed by atoms with van der Waals surface area (Å²) < 4.78 is 39.0. The zero-order valence-electron chi connectivity index (χ0n) is 12.6. The van der Waals surface area contributed by atoms with Crippen molar-refractivity contribution in [1.82, 2.24) is 5.32 Å². The number of nitrogens with one attached hydrogen (secondary N) is 1. The van der Waals surface area contributed by atoms with Gasteiger partial charge < -0.3 is 11.1 Å². The molecule has 22 heavy (non-hydrogen) atoms. The molecule has 1 amide bonds. The number of rotatable bonds is 6. The fraction of sp³-hybridized carbons (Fsp3) is 0.533. The van der Waals surface area contributed by atoms with E-state index >= 15 is 0 Å². The first-order valence-electron chi connectivity index (χ1n) is 6.88. The molecule has 7 heteroatoms. The lowest BCUT2D eigenvalue weighted by atomic mass is 10.0. The Hall–Kier alpha value is -1.27. The molecular formula is C15H22ClF3N2O. The second-order valence-electron chi connectivity index (χ2n) is 5.40. The van der Waals surface area contributed by atoms with Gasteiger partial charge in [0.25, 0.3) is 0 Å². The van der Waals surface area contributed by atoms with Crippen molar-refractivity contribution in [3.8, 4) is 0 Å². The normalized spacial score (nSPS) is 14.1. The molecule has 0 aliphatic rings. The fourth-order valence-corrected chi connectivity index (χ4v) is 1.84. The van der Waals surface area contributed by atoms with E-state index in [4.69, 9.17) is 5.73 Å². The molecule has 0 bridgehead atoms. The molecule has 0 aliphatic heterocycles. The molecule has 0 aromatic heterocycles. The lowest BCUT2D eigenvalue weighted by Crippen LogP contribution is -2.52. The standard InChI is InChI=1S/C15H21F3N2O.ClH/c1-10(2)13(19)14(21)20-12(15(16,17)18)9-8-11-6-4-3-5-7-11;/h3-7,10,12-13H,8-9,19H2,1-2H3,(H,20,21);1H/t12?,13-;/m0./s1. The van der Waals surface area contributed by atoms with Crippen LogP contribution in [0.2, 0.25) is 0 Å². The first-order valence-corrected chi connectivity index (χ1v) is 6.88. The molecule has 0 radical (unpaired) electrons. The molecule has 126 valence electrons. The van der Waals surface area contributed by atoms with E-state index in [-0.39, 0.29) is 31.2 Å². The minimum atomic E-state index is -4.48. The Kier molecular flexibility index (Phi) is 8.48. The maximum Gasteiger partial charge on any atom is 0.408 e. The summed E-state index contributed by atoms with van der Waals surface area (Å²) in [6, 6.07) is 6.04. The van der Waals surface area contributed by atoms with Crippen LogP contribution >= 0.6 is 12.4 Å². The van der Waals surface area contributed by atoms with Crippen LogP contribution in [0.15, 0.2) is 30.3 Å². The summed E-state index contributed by atoms with van der Waals surface area (Å²) in [5, 5.41) is 2.02. The van der Waals surface area contributed by atoms with E-state index in [0.29, 0.717) is 0 Å². The van der Waals surface area contributed by atoms with Gasteiger partial charge in [0.05, 0.1) is 6.04 Å². The second kappa shape index (κ2) is 9.00. The molecule has 1 unspecified atom stereocenters. The highest BCUT2D eigenvalue weighted by Crippen LogP contribution is 2.24. The first-order chi connectivity index (χ1) is 9.71. The quantitative estimate of drug-likeness (QED) is 0.837. The summed E-state index contributed by atoms with van der Waals surface area (Å²) in [5.41, 5.74) is 6.38. The number of hydrogen-bond acceptors (Lipinski definition) is 2. The zero-order chi connectivity index (χ0) is 16.0. The van der Waals surface area contributed by atoms with Gasteiger partial charge in [-0.25, -0.2) is 0 Å². The van der Waals surface area contributed by atoms with E-state index in [1.165, 1.54) is 0 Å². The Morgan fingerprint density at radius 1 is 1.23 bits per heavy atom. The highest BCUT2D eigenvalue weighted by Gasteiger charge is 2.40. The Morgan fingerprint density at radius 3 is 2.23 bits per heavy atom. The molecule has 1 rings (SSSR count). The van der Waals surface area contributed by atoms with Crippen LogP contribution in [-0.2, 0) is 11.2 Å². The molecule has 0 saturated carbocycles. The van der Waals surface area contributed by atoms with Gasteiger partial charge in [-0.05, 0) is 24.3 Å². The summed E-state index contributed by atoms with van der Waals surface area (Å²) in [7, 11) is 0. The summed E-state index contributed by atoms with van der Waals surface area (Å²) in [6.07, 6.45) is -4.45. The highest BCUT2D eigenvalue weighted by atomic mass is 35.5. The number of benzene rings is 1. The van der Waals surface area contributed by atoms with E-state index in [2.05, 4.69) is 0 Å². The van der Waals surface area contributed by atoms with Crippen molar-refractivity contribution in [3.05, 3.63) is 35.9 Å². The number of hydrogen-bond donors (Lipinski definition) is 2. The van der Waals surface area contributed by atoms with Crippen molar-refractivity contribution >= 4 is 18.3 Å². The number of nitrogens with two attached hydrogens (primary N) is 1. The largest absolute Gasteiger partial charge is 0.408 e. The monoisotopic (exact) mass is 338 g/mol. The number of carbonyl (C=O) groups is 1. The Bertz CT molecular complexity index is 452. The Labute approximate surface area is 134 Å². The molecule has 3 nitrogen and oxygen atoms in total. The molecule has 1 aromatic carbocycles. The van der Waals surface area contributed by atoms with E-state index in [0.717, 1.165) is 5.56 Å². The van der Waals surface area contributed by atoms with Crippen molar-refractivity contribution in [2.24, 2.45) is 11.7 Å². The van der Waals surface area contributed by atoms with Gasteiger partial charge in [0.1, 0.15) is 6.04 Å². The number of halogens is 4. The third-order valence-corrected chi connectivity index (χ3v) is 3.30. The number of carbonyl (C=O) groups excluding carboxylic acids is 1. The van der Waals surface area contributed by atoms with Crippen LogP contribution in [0.25, 0.3) is 0 Å². The van der Waals surface area contributed by atoms with Gasteiger partial charge in [-0.15, -0.1) is 12.4 Å². The van der Waals surface area contributed by atoms with Crippen molar-refractivity contribution in [2.45, 2.75) is 44.9 Å². The van der Waals surface area contributed by atoms with Crippen LogP contribution in [0.5, 0.6) is 0 Å². The molecule has 0 spiro atoms. The minimum absolute atomic E-state index is 0. The predicted molar refractivity (Wildman–Crippen MR) is 82.8 cm³/mol. The van der Waals surface area contributed by atoms with Crippen LogP contribution in [0.1, 0.15) is 25.8 Å². The van der Waals surface area contributed by atoms with Gasteiger partial charge in [-0.2, -0.15) is 13.2 Å². The third-order valence-electron chi connectivity index (χ3n) is 3.30. The third kappa shape index (κ3) is 6.66. The molecule has 3 N–H and O–H groups in total. The van der Waals surface area contributed by atoms with E-state index < -0.39 is 24.2 Å². The van der Waals surface area contributed by atoms with Crippen LogP contribution in [0.4, 0.5) is 13.2 Å². The van der Waals surface area contributed by atoms with Gasteiger partial charge in [-0.1, -0.05) is 44.2 Å². The van der Waals surface area contributed by atoms with Crippen molar-refractivity contribution in [3.63, 3.8) is 0 Å². The van der Waals surface area contributed by atoms with Crippen LogP contribution < -0.4 is 11.1 Å². The van der Waals surface area contributed by atoms with Gasteiger partial charge in [0.2, 0.25) is 5.91 Å². The summed E-state index contributed by atoms with van der Waals surface area (Å²) in [6.45, 7) is 3.38. The van der Waals surface area contributed by atoms with Crippen molar-refractivity contribution in [1.29, 1.82) is 0 Å². The second-order valence-corrected chi connectivity index (χ2v) is 5.40. The Balaban J connectivity index is 0.00000441. The van der Waals surface area contributed by atoms with E-state index in [9.17, 15) is 18.0 Å². The number of alkyl halides is 3. The average molecular weight is 339 g/mol. The molecule has 0 aliphatic carbocycles. The van der Waals surface area contributed by atoms with Crippen molar-refractivity contribution in [2.75, 3.05) is 0 Å². The summed E-state index contributed by atoms with van der Waals surface area (Å²) >= 11 is 0. The topological polar surface area (TPSA) is 55.1 Å². The summed E-state index contributed by atoms with van der Waals surface area (Å²) in [5.74, 6) is -0.978. The zero-order valence-corrected chi connectivity index (χ0v) is 13.4. The van der Waals surface area contributed by atoms with Gasteiger partial charge >= 0.3 is 6.18 Å². The maximum absolute atomic E-state index is 13.0. The molecule has 2 atom stereocenters. The van der Waals surface area contributed by atoms with Crippen molar-refractivity contribution < 1.29 is 18.0 Å². The number of amides is 1.